The van der Waals surface area contributed by atoms with Crippen LogP contribution in [0.15, 0.2) is 42.5 Å². The van der Waals surface area contributed by atoms with Crippen molar-refractivity contribution in [1.82, 2.24) is 0 Å². The molecule has 1 atom stereocenters. The lowest BCUT2D eigenvalue weighted by Gasteiger charge is -2.17. The number of carbonyl (C=O) groups is 1. The van der Waals surface area contributed by atoms with Crippen LogP contribution >= 0.6 is 0 Å². The summed E-state index contributed by atoms with van der Waals surface area (Å²) in [7, 11) is 0. The number of carbonyl (C=O) groups excluding carboxylic acids is 1. The van der Waals surface area contributed by atoms with Crippen LogP contribution in [0.2, 0.25) is 0 Å². The van der Waals surface area contributed by atoms with Crippen LogP contribution in [0.25, 0.3) is 0 Å². The summed E-state index contributed by atoms with van der Waals surface area (Å²) in [5.41, 5.74) is 7.94. The number of ether oxygens (including phenoxy) is 1. The maximum Gasteiger partial charge on any atom is 0.317 e. The van der Waals surface area contributed by atoms with Gasteiger partial charge in [0.15, 0.2) is 0 Å². The Kier molecular flexibility index (Phi) is 4.58. The first-order chi connectivity index (χ1) is 10.0. The molecule has 0 fully saturated rings. The summed E-state index contributed by atoms with van der Waals surface area (Å²) in [6, 6.07) is 11.9. The Labute approximate surface area is 123 Å². The molecule has 0 spiro atoms. The van der Waals surface area contributed by atoms with E-state index < -0.39 is 17.7 Å². The summed E-state index contributed by atoms with van der Waals surface area (Å²) >= 11 is 0. The average Bonchev–Trinajstić information content (AvgIpc) is 2.45. The molecule has 0 radical (unpaired) electrons. The second-order valence-corrected chi connectivity index (χ2v) is 4.88. The Morgan fingerprint density at radius 1 is 1.19 bits per heavy atom. The molecule has 2 N–H and O–H groups in total. The second-order valence-electron chi connectivity index (χ2n) is 4.88. The fourth-order valence-corrected chi connectivity index (χ4v) is 2.17. The van der Waals surface area contributed by atoms with Gasteiger partial charge in [-0.1, -0.05) is 35.9 Å². The number of hydrogen-bond acceptors (Lipinski definition) is 3. The third-order valence-electron chi connectivity index (χ3n) is 3.29. The van der Waals surface area contributed by atoms with Gasteiger partial charge < -0.3 is 10.5 Å². The number of hydrogen-bond donors (Lipinski definition) is 1. The van der Waals surface area contributed by atoms with Gasteiger partial charge in [0.05, 0.1) is 12.3 Å². The van der Waals surface area contributed by atoms with E-state index in [0.717, 1.165) is 11.1 Å². The lowest BCUT2D eigenvalue weighted by atomic mass is 9.90. The van der Waals surface area contributed by atoms with Crippen molar-refractivity contribution in [2.24, 2.45) is 0 Å². The van der Waals surface area contributed by atoms with Gasteiger partial charge in [-0.25, -0.2) is 4.39 Å². The molecule has 21 heavy (non-hydrogen) atoms. The monoisotopic (exact) mass is 287 g/mol. The Hall–Kier alpha value is -2.36. The molecule has 2 aromatic rings. The van der Waals surface area contributed by atoms with E-state index in [4.69, 9.17) is 10.5 Å². The minimum atomic E-state index is -0.652. The van der Waals surface area contributed by atoms with E-state index in [9.17, 15) is 9.18 Å². The van der Waals surface area contributed by atoms with E-state index in [1.54, 1.807) is 13.0 Å². The van der Waals surface area contributed by atoms with Gasteiger partial charge in [0.1, 0.15) is 11.7 Å². The molecule has 2 rings (SSSR count). The molecule has 0 amide bonds. The molecule has 0 heterocycles. The zero-order valence-corrected chi connectivity index (χ0v) is 12.1. The molecule has 0 aliphatic rings. The predicted octanol–water partition coefficient (Wildman–Crippen LogP) is 3.41. The van der Waals surface area contributed by atoms with E-state index >= 15 is 0 Å². The summed E-state index contributed by atoms with van der Waals surface area (Å²) in [6.45, 7) is 3.98. The van der Waals surface area contributed by atoms with Crippen molar-refractivity contribution in [1.29, 1.82) is 0 Å². The van der Waals surface area contributed by atoms with E-state index in [1.807, 2.05) is 31.2 Å². The van der Waals surface area contributed by atoms with Crippen LogP contribution in [0.4, 0.5) is 10.1 Å². The highest BCUT2D eigenvalue weighted by molar-refractivity contribution is 5.82. The number of anilines is 1. The summed E-state index contributed by atoms with van der Waals surface area (Å²) < 4.78 is 18.8. The van der Waals surface area contributed by atoms with Gasteiger partial charge in [-0.15, -0.1) is 0 Å². The van der Waals surface area contributed by atoms with E-state index in [1.165, 1.54) is 12.1 Å². The van der Waals surface area contributed by atoms with Crippen molar-refractivity contribution in [3.8, 4) is 0 Å². The normalized spacial score (nSPS) is 12.0. The van der Waals surface area contributed by atoms with E-state index in [0.29, 0.717) is 5.56 Å². The zero-order chi connectivity index (χ0) is 15.4. The van der Waals surface area contributed by atoms with Gasteiger partial charge in [0.2, 0.25) is 0 Å². The first-order valence-electron chi connectivity index (χ1n) is 6.81. The van der Waals surface area contributed by atoms with Crippen molar-refractivity contribution in [2.75, 3.05) is 12.3 Å². The van der Waals surface area contributed by atoms with Gasteiger partial charge in [-0.3, -0.25) is 4.79 Å². The quantitative estimate of drug-likeness (QED) is 0.692. The molecule has 0 aromatic heterocycles. The van der Waals surface area contributed by atoms with Crippen LogP contribution in [0.3, 0.4) is 0 Å². The fourth-order valence-electron chi connectivity index (χ4n) is 2.17. The minimum absolute atomic E-state index is 0.0604. The minimum Gasteiger partial charge on any atom is -0.465 e. The molecule has 0 aliphatic heterocycles. The lowest BCUT2D eigenvalue weighted by molar-refractivity contribution is -0.143. The van der Waals surface area contributed by atoms with Gasteiger partial charge in [-0.05, 0) is 37.1 Å². The topological polar surface area (TPSA) is 52.3 Å². The second kappa shape index (κ2) is 6.39. The van der Waals surface area contributed by atoms with Crippen LogP contribution in [0.5, 0.6) is 0 Å². The smallest absolute Gasteiger partial charge is 0.317 e. The van der Waals surface area contributed by atoms with Gasteiger partial charge in [0, 0.05) is 0 Å². The van der Waals surface area contributed by atoms with Crippen molar-refractivity contribution in [3.05, 3.63) is 65.0 Å². The molecule has 0 aliphatic carbocycles. The fraction of sp³-hybridized carbons (Fsp3) is 0.235. The largest absolute Gasteiger partial charge is 0.465 e. The number of benzene rings is 2. The summed E-state index contributed by atoms with van der Waals surface area (Å²) in [5, 5.41) is 0. The Balaban J connectivity index is 2.47. The van der Waals surface area contributed by atoms with Crippen molar-refractivity contribution >= 4 is 11.7 Å². The zero-order valence-electron chi connectivity index (χ0n) is 12.1. The van der Waals surface area contributed by atoms with Crippen LogP contribution in [0.1, 0.15) is 29.5 Å². The summed E-state index contributed by atoms with van der Waals surface area (Å²) in [6.07, 6.45) is 0. The third-order valence-corrected chi connectivity index (χ3v) is 3.29. The van der Waals surface area contributed by atoms with Gasteiger partial charge >= 0.3 is 5.97 Å². The maximum absolute atomic E-state index is 13.7. The molecule has 2 aromatic carbocycles. The van der Waals surface area contributed by atoms with Crippen molar-refractivity contribution in [3.63, 3.8) is 0 Å². The van der Waals surface area contributed by atoms with Gasteiger partial charge in [-0.2, -0.15) is 0 Å². The van der Waals surface area contributed by atoms with Crippen LogP contribution in [-0.4, -0.2) is 12.6 Å². The number of halogens is 1. The first-order valence-corrected chi connectivity index (χ1v) is 6.81. The van der Waals surface area contributed by atoms with Crippen molar-refractivity contribution in [2.45, 2.75) is 19.8 Å². The highest BCUT2D eigenvalue weighted by atomic mass is 19.1. The lowest BCUT2D eigenvalue weighted by Crippen LogP contribution is -2.17. The highest BCUT2D eigenvalue weighted by Crippen LogP contribution is 2.28. The predicted molar refractivity (Wildman–Crippen MR) is 80.5 cm³/mol. The molecule has 0 saturated heterocycles. The number of aryl methyl sites for hydroxylation is 1. The number of rotatable bonds is 4. The molecule has 4 heteroatoms. The molecule has 110 valence electrons. The number of esters is 1. The van der Waals surface area contributed by atoms with Gasteiger partial charge in [0.25, 0.3) is 0 Å². The maximum atomic E-state index is 13.7. The summed E-state index contributed by atoms with van der Waals surface area (Å²) in [4.78, 5) is 12.2. The molecule has 0 bridgehead atoms. The van der Waals surface area contributed by atoms with E-state index in [-0.39, 0.29) is 12.3 Å². The Morgan fingerprint density at radius 3 is 2.38 bits per heavy atom. The molecular weight excluding hydrogens is 269 g/mol. The highest BCUT2D eigenvalue weighted by Gasteiger charge is 2.24. The summed E-state index contributed by atoms with van der Waals surface area (Å²) in [5.74, 6) is -1.58. The van der Waals surface area contributed by atoms with Crippen LogP contribution < -0.4 is 5.73 Å². The number of nitrogens with two attached hydrogens (primary N) is 1. The Bertz CT molecular complexity index is 638. The molecule has 1 unspecified atom stereocenters. The first kappa shape index (κ1) is 15.0. The van der Waals surface area contributed by atoms with Crippen LogP contribution in [-0.2, 0) is 9.53 Å². The SMILES string of the molecule is CCOC(=O)C(c1ccc(C)cc1)c1ccc(N)c(F)c1. The molecule has 3 nitrogen and oxygen atoms in total. The molecular formula is C17H18FNO2. The third kappa shape index (κ3) is 3.40. The number of nitrogen functional groups attached to an aromatic ring is 1. The standard InChI is InChI=1S/C17H18FNO2/c1-3-21-17(20)16(12-6-4-11(2)5-7-12)13-8-9-15(19)14(18)10-13/h4-10,16H,3,19H2,1-2H3. The Morgan fingerprint density at radius 2 is 1.81 bits per heavy atom. The molecule has 0 saturated carbocycles. The van der Waals surface area contributed by atoms with Crippen LogP contribution in [0, 0.1) is 12.7 Å². The average molecular weight is 287 g/mol. The van der Waals surface area contributed by atoms with E-state index in [2.05, 4.69) is 0 Å². The van der Waals surface area contributed by atoms with Crippen molar-refractivity contribution < 1.29 is 13.9 Å².